The van der Waals surface area contributed by atoms with E-state index in [0.717, 1.165) is 38.0 Å². The summed E-state index contributed by atoms with van der Waals surface area (Å²) < 4.78 is 5.74. The average molecular weight is 290 g/mol. The maximum Gasteiger partial charge on any atom is 0.224 e. The van der Waals surface area contributed by atoms with Crippen LogP contribution in [0.25, 0.3) is 0 Å². The van der Waals surface area contributed by atoms with Gasteiger partial charge in [-0.15, -0.1) is 0 Å². The Balaban J connectivity index is 1.76. The number of amides is 1. The van der Waals surface area contributed by atoms with Crippen molar-refractivity contribution in [3.63, 3.8) is 0 Å². The van der Waals surface area contributed by atoms with Crippen molar-refractivity contribution >= 4 is 11.6 Å². The molecule has 0 saturated carbocycles. The standard InChI is InChI=1S/C17H26N2O2/c1-3-18-12-14-5-4-6-15(11-14)19-17(20)10-9-16-8-7-13(2)21-16/h4-6,11,13,16,18H,3,7-10,12H2,1-2H3,(H,19,20). The maximum atomic E-state index is 12.0. The average Bonchev–Trinajstić information content (AvgIpc) is 2.89. The van der Waals surface area contributed by atoms with Crippen LogP contribution in [0.5, 0.6) is 0 Å². The zero-order chi connectivity index (χ0) is 15.1. The van der Waals surface area contributed by atoms with Crippen molar-refractivity contribution in [2.24, 2.45) is 0 Å². The van der Waals surface area contributed by atoms with Gasteiger partial charge in [-0.05, 0) is 50.4 Å². The van der Waals surface area contributed by atoms with Gasteiger partial charge < -0.3 is 15.4 Å². The van der Waals surface area contributed by atoms with Crippen LogP contribution in [0.1, 0.15) is 45.1 Å². The lowest BCUT2D eigenvalue weighted by Gasteiger charge is -2.11. The van der Waals surface area contributed by atoms with Crippen LogP contribution in [0.3, 0.4) is 0 Å². The van der Waals surface area contributed by atoms with Crippen LogP contribution in [0.15, 0.2) is 24.3 Å². The SMILES string of the molecule is CCNCc1cccc(NC(=O)CCC2CCC(C)O2)c1. The predicted octanol–water partition coefficient (Wildman–Crippen LogP) is 3.08. The van der Waals surface area contributed by atoms with E-state index in [9.17, 15) is 4.79 Å². The number of carbonyl (C=O) groups is 1. The van der Waals surface area contributed by atoms with E-state index in [2.05, 4.69) is 30.5 Å². The first-order chi connectivity index (χ1) is 10.2. The summed E-state index contributed by atoms with van der Waals surface area (Å²) in [4.78, 5) is 12.0. The van der Waals surface area contributed by atoms with E-state index in [1.54, 1.807) is 0 Å². The number of rotatable bonds is 7. The van der Waals surface area contributed by atoms with Crippen LogP contribution >= 0.6 is 0 Å². The first-order valence-electron chi connectivity index (χ1n) is 7.92. The fraction of sp³-hybridized carbons (Fsp3) is 0.588. The van der Waals surface area contributed by atoms with Crippen LogP contribution in [-0.4, -0.2) is 24.7 Å². The third kappa shape index (κ3) is 5.48. The Labute approximate surface area is 127 Å². The highest BCUT2D eigenvalue weighted by Gasteiger charge is 2.22. The Morgan fingerprint density at radius 1 is 1.38 bits per heavy atom. The second-order valence-electron chi connectivity index (χ2n) is 5.71. The minimum atomic E-state index is 0.0683. The van der Waals surface area contributed by atoms with E-state index < -0.39 is 0 Å². The minimum absolute atomic E-state index is 0.0683. The van der Waals surface area contributed by atoms with Gasteiger partial charge in [-0.25, -0.2) is 0 Å². The highest BCUT2D eigenvalue weighted by Crippen LogP contribution is 2.22. The highest BCUT2D eigenvalue weighted by molar-refractivity contribution is 5.90. The molecule has 2 N–H and O–H groups in total. The molecule has 1 amide bonds. The lowest BCUT2D eigenvalue weighted by atomic mass is 10.1. The van der Waals surface area contributed by atoms with Crippen LogP contribution in [0, 0.1) is 0 Å². The van der Waals surface area contributed by atoms with Gasteiger partial charge in [-0.3, -0.25) is 4.79 Å². The summed E-state index contributed by atoms with van der Waals surface area (Å²) in [7, 11) is 0. The third-order valence-corrected chi connectivity index (χ3v) is 3.80. The first-order valence-corrected chi connectivity index (χ1v) is 7.92. The molecule has 1 aromatic carbocycles. The number of benzene rings is 1. The fourth-order valence-electron chi connectivity index (χ4n) is 2.64. The summed E-state index contributed by atoms with van der Waals surface area (Å²) in [6.07, 6.45) is 4.12. The molecule has 0 bridgehead atoms. The van der Waals surface area contributed by atoms with Crippen LogP contribution in [-0.2, 0) is 16.1 Å². The van der Waals surface area contributed by atoms with E-state index in [1.807, 2.05) is 18.2 Å². The summed E-state index contributed by atoms with van der Waals surface area (Å²) in [5, 5.41) is 6.25. The van der Waals surface area contributed by atoms with Gasteiger partial charge in [-0.2, -0.15) is 0 Å². The van der Waals surface area contributed by atoms with E-state index in [-0.39, 0.29) is 12.0 Å². The highest BCUT2D eigenvalue weighted by atomic mass is 16.5. The van der Waals surface area contributed by atoms with E-state index >= 15 is 0 Å². The summed E-state index contributed by atoms with van der Waals surface area (Å²) >= 11 is 0. The van der Waals surface area contributed by atoms with Crippen LogP contribution in [0.2, 0.25) is 0 Å². The largest absolute Gasteiger partial charge is 0.375 e. The molecule has 4 nitrogen and oxygen atoms in total. The Hall–Kier alpha value is -1.39. The van der Waals surface area contributed by atoms with E-state index in [0.29, 0.717) is 12.5 Å². The molecule has 1 aromatic rings. The molecule has 1 aliphatic heterocycles. The Bertz CT molecular complexity index is 462. The fourth-order valence-corrected chi connectivity index (χ4v) is 2.64. The summed E-state index contributed by atoms with van der Waals surface area (Å²) in [5.74, 6) is 0.0683. The normalized spacial score (nSPS) is 21.4. The second-order valence-corrected chi connectivity index (χ2v) is 5.71. The minimum Gasteiger partial charge on any atom is -0.375 e. The van der Waals surface area contributed by atoms with Crippen molar-refractivity contribution in [2.45, 2.75) is 58.3 Å². The van der Waals surface area contributed by atoms with Gasteiger partial charge in [0.05, 0.1) is 12.2 Å². The molecule has 4 heteroatoms. The summed E-state index contributed by atoms with van der Waals surface area (Å²) in [6.45, 7) is 5.94. The molecule has 2 unspecified atom stereocenters. The molecule has 116 valence electrons. The van der Waals surface area contributed by atoms with E-state index in [1.165, 1.54) is 5.56 Å². The van der Waals surface area contributed by atoms with Gasteiger partial charge in [0.1, 0.15) is 0 Å². The molecule has 1 aliphatic rings. The maximum absolute atomic E-state index is 12.0. The molecule has 0 radical (unpaired) electrons. The second kappa shape index (κ2) is 8.15. The molecule has 1 heterocycles. The molecular weight excluding hydrogens is 264 g/mol. The number of hydrogen-bond acceptors (Lipinski definition) is 3. The van der Waals surface area contributed by atoms with Gasteiger partial charge in [0.2, 0.25) is 5.91 Å². The van der Waals surface area contributed by atoms with Crippen molar-refractivity contribution in [3.8, 4) is 0 Å². The Morgan fingerprint density at radius 2 is 2.24 bits per heavy atom. The molecular formula is C17H26N2O2. The monoisotopic (exact) mass is 290 g/mol. The molecule has 2 rings (SSSR count). The molecule has 0 aromatic heterocycles. The summed E-state index contributed by atoms with van der Waals surface area (Å²) in [5.41, 5.74) is 2.05. The van der Waals surface area contributed by atoms with Crippen molar-refractivity contribution < 1.29 is 9.53 Å². The van der Waals surface area contributed by atoms with Gasteiger partial charge in [0.15, 0.2) is 0 Å². The molecule has 1 saturated heterocycles. The molecule has 2 atom stereocenters. The lowest BCUT2D eigenvalue weighted by Crippen LogP contribution is -2.16. The van der Waals surface area contributed by atoms with Gasteiger partial charge in [0.25, 0.3) is 0 Å². The molecule has 21 heavy (non-hydrogen) atoms. The van der Waals surface area contributed by atoms with Gasteiger partial charge >= 0.3 is 0 Å². The summed E-state index contributed by atoms with van der Waals surface area (Å²) in [6, 6.07) is 7.99. The van der Waals surface area contributed by atoms with Crippen LogP contribution < -0.4 is 10.6 Å². The molecule has 0 spiro atoms. The Morgan fingerprint density at radius 3 is 2.95 bits per heavy atom. The first kappa shape index (κ1) is 16.0. The smallest absolute Gasteiger partial charge is 0.224 e. The zero-order valence-corrected chi connectivity index (χ0v) is 13.0. The predicted molar refractivity (Wildman–Crippen MR) is 85.3 cm³/mol. The van der Waals surface area contributed by atoms with E-state index in [4.69, 9.17) is 4.74 Å². The number of ether oxygens (including phenoxy) is 1. The van der Waals surface area contributed by atoms with Crippen LogP contribution in [0.4, 0.5) is 5.69 Å². The quantitative estimate of drug-likeness (QED) is 0.811. The van der Waals surface area contributed by atoms with Crippen molar-refractivity contribution in [3.05, 3.63) is 29.8 Å². The van der Waals surface area contributed by atoms with Crippen molar-refractivity contribution in [1.29, 1.82) is 0 Å². The Kier molecular flexibility index (Phi) is 6.21. The number of nitrogens with one attached hydrogen (secondary N) is 2. The number of carbonyl (C=O) groups excluding carboxylic acids is 1. The molecule has 1 fully saturated rings. The number of hydrogen-bond donors (Lipinski definition) is 2. The van der Waals surface area contributed by atoms with Gasteiger partial charge in [-0.1, -0.05) is 19.1 Å². The van der Waals surface area contributed by atoms with Crippen molar-refractivity contribution in [2.75, 3.05) is 11.9 Å². The zero-order valence-electron chi connectivity index (χ0n) is 13.0. The number of anilines is 1. The molecule has 0 aliphatic carbocycles. The topological polar surface area (TPSA) is 50.4 Å². The van der Waals surface area contributed by atoms with Crippen molar-refractivity contribution in [1.82, 2.24) is 5.32 Å². The van der Waals surface area contributed by atoms with Gasteiger partial charge in [0, 0.05) is 18.7 Å². The lowest BCUT2D eigenvalue weighted by molar-refractivity contribution is -0.116. The third-order valence-electron chi connectivity index (χ3n) is 3.80.